The molecule has 0 aliphatic carbocycles. The SMILES string of the molecule is CNCCc1nc(Cl)c2ccccc2n1. The predicted molar refractivity (Wildman–Crippen MR) is 62.2 cm³/mol. The van der Waals surface area contributed by atoms with Crippen molar-refractivity contribution in [2.24, 2.45) is 0 Å². The summed E-state index contributed by atoms with van der Waals surface area (Å²) in [6.45, 7) is 0.856. The lowest BCUT2D eigenvalue weighted by molar-refractivity contribution is 0.759. The summed E-state index contributed by atoms with van der Waals surface area (Å²) in [4.78, 5) is 8.69. The van der Waals surface area contributed by atoms with Crippen LogP contribution in [0.1, 0.15) is 5.82 Å². The zero-order chi connectivity index (χ0) is 10.7. The Kier molecular flexibility index (Phi) is 3.14. The van der Waals surface area contributed by atoms with E-state index in [0.717, 1.165) is 29.7 Å². The minimum absolute atomic E-state index is 0.534. The Balaban J connectivity index is 2.43. The van der Waals surface area contributed by atoms with Crippen LogP contribution in [0.4, 0.5) is 0 Å². The summed E-state index contributed by atoms with van der Waals surface area (Å²) in [5, 5.41) is 4.50. The average molecular weight is 222 g/mol. The molecule has 1 aromatic carbocycles. The van der Waals surface area contributed by atoms with Crippen LogP contribution in [-0.4, -0.2) is 23.6 Å². The molecule has 0 aliphatic rings. The van der Waals surface area contributed by atoms with E-state index in [1.54, 1.807) is 0 Å². The monoisotopic (exact) mass is 221 g/mol. The standard InChI is InChI=1S/C11H12ClN3/c1-13-7-6-10-14-9-5-3-2-4-8(9)11(12)15-10/h2-5,13H,6-7H2,1H3. The first-order chi connectivity index (χ1) is 7.31. The summed E-state index contributed by atoms with van der Waals surface area (Å²) < 4.78 is 0. The molecule has 15 heavy (non-hydrogen) atoms. The number of nitrogens with one attached hydrogen (secondary N) is 1. The van der Waals surface area contributed by atoms with Gasteiger partial charge in [-0.3, -0.25) is 0 Å². The molecule has 4 heteroatoms. The molecule has 0 bridgehead atoms. The van der Waals surface area contributed by atoms with Crippen LogP contribution in [0.3, 0.4) is 0 Å². The molecule has 0 saturated heterocycles. The fraction of sp³-hybridized carbons (Fsp3) is 0.273. The second-order valence-corrected chi connectivity index (χ2v) is 3.66. The van der Waals surface area contributed by atoms with Gasteiger partial charge in [-0.2, -0.15) is 0 Å². The van der Waals surface area contributed by atoms with Crippen LogP contribution in [0.2, 0.25) is 5.15 Å². The maximum absolute atomic E-state index is 6.07. The van der Waals surface area contributed by atoms with Gasteiger partial charge in [-0.25, -0.2) is 9.97 Å². The van der Waals surface area contributed by atoms with Gasteiger partial charge < -0.3 is 5.32 Å². The molecule has 0 fully saturated rings. The van der Waals surface area contributed by atoms with E-state index >= 15 is 0 Å². The summed E-state index contributed by atoms with van der Waals surface area (Å²) in [5.41, 5.74) is 0.906. The van der Waals surface area contributed by atoms with E-state index in [1.807, 2.05) is 31.3 Å². The molecule has 1 heterocycles. The Morgan fingerprint density at radius 3 is 2.87 bits per heavy atom. The molecule has 78 valence electrons. The van der Waals surface area contributed by atoms with Gasteiger partial charge in [-0.05, 0) is 19.2 Å². The molecule has 0 radical (unpaired) electrons. The van der Waals surface area contributed by atoms with E-state index in [-0.39, 0.29) is 0 Å². The minimum Gasteiger partial charge on any atom is -0.319 e. The van der Waals surface area contributed by atoms with Crippen LogP contribution in [0.15, 0.2) is 24.3 Å². The van der Waals surface area contributed by atoms with Crippen molar-refractivity contribution >= 4 is 22.5 Å². The van der Waals surface area contributed by atoms with Crippen LogP contribution < -0.4 is 5.32 Å². The first-order valence-electron chi connectivity index (χ1n) is 4.87. The summed E-state index contributed by atoms with van der Waals surface area (Å²) in [6.07, 6.45) is 0.793. The zero-order valence-electron chi connectivity index (χ0n) is 8.50. The van der Waals surface area contributed by atoms with Gasteiger partial charge in [0.05, 0.1) is 5.52 Å². The second-order valence-electron chi connectivity index (χ2n) is 3.30. The Labute approximate surface area is 93.5 Å². The maximum Gasteiger partial charge on any atom is 0.140 e. The highest BCUT2D eigenvalue weighted by atomic mass is 35.5. The quantitative estimate of drug-likeness (QED) is 0.807. The number of halogens is 1. The lowest BCUT2D eigenvalue weighted by Crippen LogP contribution is -2.12. The van der Waals surface area contributed by atoms with Crippen LogP contribution in [0, 0.1) is 0 Å². The molecule has 0 amide bonds. The molecule has 2 aromatic rings. The number of para-hydroxylation sites is 1. The van der Waals surface area contributed by atoms with E-state index in [4.69, 9.17) is 11.6 Å². The molecule has 2 rings (SSSR count). The second kappa shape index (κ2) is 4.55. The van der Waals surface area contributed by atoms with E-state index in [0.29, 0.717) is 5.15 Å². The Bertz CT molecular complexity index is 470. The van der Waals surface area contributed by atoms with E-state index in [1.165, 1.54) is 0 Å². The molecule has 0 spiro atoms. The van der Waals surface area contributed by atoms with Crippen molar-refractivity contribution < 1.29 is 0 Å². The third kappa shape index (κ3) is 2.25. The van der Waals surface area contributed by atoms with Crippen molar-refractivity contribution in [1.29, 1.82) is 0 Å². The molecule has 0 unspecified atom stereocenters. The minimum atomic E-state index is 0.534. The van der Waals surface area contributed by atoms with Crippen LogP contribution in [0.25, 0.3) is 10.9 Å². The fourth-order valence-electron chi connectivity index (χ4n) is 1.43. The number of nitrogens with zero attached hydrogens (tertiary/aromatic N) is 2. The van der Waals surface area contributed by atoms with Crippen molar-refractivity contribution in [2.75, 3.05) is 13.6 Å². The first-order valence-corrected chi connectivity index (χ1v) is 5.25. The van der Waals surface area contributed by atoms with Crippen LogP contribution >= 0.6 is 11.6 Å². The number of rotatable bonds is 3. The summed E-state index contributed by atoms with van der Waals surface area (Å²) in [6, 6.07) is 7.77. The van der Waals surface area contributed by atoms with Crippen molar-refractivity contribution in [3.8, 4) is 0 Å². The largest absolute Gasteiger partial charge is 0.319 e. The van der Waals surface area contributed by atoms with Gasteiger partial charge in [0.1, 0.15) is 11.0 Å². The van der Waals surface area contributed by atoms with Gasteiger partial charge in [-0.1, -0.05) is 23.7 Å². The lowest BCUT2D eigenvalue weighted by atomic mass is 10.2. The molecule has 1 aromatic heterocycles. The van der Waals surface area contributed by atoms with Crippen molar-refractivity contribution in [3.63, 3.8) is 0 Å². The zero-order valence-corrected chi connectivity index (χ0v) is 9.25. The number of aromatic nitrogens is 2. The Morgan fingerprint density at radius 2 is 2.07 bits per heavy atom. The van der Waals surface area contributed by atoms with Crippen molar-refractivity contribution in [3.05, 3.63) is 35.2 Å². The fourth-order valence-corrected chi connectivity index (χ4v) is 1.69. The van der Waals surface area contributed by atoms with E-state index in [2.05, 4.69) is 15.3 Å². The van der Waals surface area contributed by atoms with Gasteiger partial charge >= 0.3 is 0 Å². The highest BCUT2D eigenvalue weighted by Crippen LogP contribution is 2.19. The van der Waals surface area contributed by atoms with Gasteiger partial charge in [0, 0.05) is 18.4 Å². The molecular formula is C11H12ClN3. The summed E-state index contributed by atoms with van der Waals surface area (Å²) in [7, 11) is 1.91. The summed E-state index contributed by atoms with van der Waals surface area (Å²) >= 11 is 6.07. The maximum atomic E-state index is 6.07. The Hall–Kier alpha value is -1.19. The number of hydrogen-bond donors (Lipinski definition) is 1. The van der Waals surface area contributed by atoms with Crippen LogP contribution in [-0.2, 0) is 6.42 Å². The first kappa shape index (κ1) is 10.3. The molecule has 0 aliphatic heterocycles. The smallest absolute Gasteiger partial charge is 0.140 e. The van der Waals surface area contributed by atoms with Gasteiger partial charge in [0.25, 0.3) is 0 Å². The highest BCUT2D eigenvalue weighted by molar-refractivity contribution is 6.34. The lowest BCUT2D eigenvalue weighted by Gasteiger charge is -2.03. The van der Waals surface area contributed by atoms with Gasteiger partial charge in [0.2, 0.25) is 0 Å². The Morgan fingerprint density at radius 1 is 1.27 bits per heavy atom. The van der Waals surface area contributed by atoms with E-state index < -0.39 is 0 Å². The third-order valence-electron chi connectivity index (χ3n) is 2.20. The molecule has 0 atom stereocenters. The van der Waals surface area contributed by atoms with E-state index in [9.17, 15) is 0 Å². The van der Waals surface area contributed by atoms with Crippen molar-refractivity contribution in [1.82, 2.24) is 15.3 Å². The van der Waals surface area contributed by atoms with Crippen LogP contribution in [0.5, 0.6) is 0 Å². The molecule has 1 N–H and O–H groups in total. The third-order valence-corrected chi connectivity index (χ3v) is 2.49. The van der Waals surface area contributed by atoms with Gasteiger partial charge in [0.15, 0.2) is 0 Å². The highest BCUT2D eigenvalue weighted by Gasteiger charge is 2.04. The van der Waals surface area contributed by atoms with Crippen molar-refractivity contribution in [2.45, 2.75) is 6.42 Å². The van der Waals surface area contributed by atoms with Gasteiger partial charge in [-0.15, -0.1) is 0 Å². The predicted octanol–water partition coefficient (Wildman–Crippen LogP) is 2.05. The number of hydrogen-bond acceptors (Lipinski definition) is 3. The summed E-state index contributed by atoms with van der Waals surface area (Å²) in [5.74, 6) is 0.785. The number of likely N-dealkylation sites (N-methyl/N-ethyl adjacent to an activating group) is 1. The normalized spacial score (nSPS) is 10.8. The topological polar surface area (TPSA) is 37.8 Å². The molecule has 3 nitrogen and oxygen atoms in total. The molecule has 0 saturated carbocycles. The molecular weight excluding hydrogens is 210 g/mol. The average Bonchev–Trinajstić information content (AvgIpc) is 2.26. The number of fused-ring (bicyclic) bond motifs is 1. The number of benzene rings is 1.